The van der Waals surface area contributed by atoms with Gasteiger partial charge in [-0.1, -0.05) is 39.5 Å². The van der Waals surface area contributed by atoms with Crippen molar-refractivity contribution in [2.24, 2.45) is 17.3 Å². The van der Waals surface area contributed by atoms with Crippen LogP contribution in [-0.2, 0) is 0 Å². The van der Waals surface area contributed by atoms with Gasteiger partial charge in [0.2, 0.25) is 0 Å². The normalized spacial score (nSPS) is 18.6. The van der Waals surface area contributed by atoms with Gasteiger partial charge < -0.3 is 0 Å². The Labute approximate surface area is 111 Å². The standard InChI is InChI=1S/C14H26Cl2/c1-3-12(4-2)9-14(10-15,11-16)13-7-5-6-8-13/h12-13H,3-11H2,1-2H3. The minimum absolute atomic E-state index is 0.219. The maximum Gasteiger partial charge on any atom is 0.0294 e. The Morgan fingerprint density at radius 1 is 1.06 bits per heavy atom. The maximum atomic E-state index is 6.28. The van der Waals surface area contributed by atoms with Crippen LogP contribution in [0.5, 0.6) is 0 Å². The molecule has 0 heterocycles. The molecule has 0 aromatic rings. The Kier molecular flexibility index (Phi) is 6.51. The van der Waals surface area contributed by atoms with E-state index in [1.807, 2.05) is 0 Å². The molecule has 0 spiro atoms. The van der Waals surface area contributed by atoms with Crippen molar-refractivity contribution in [1.82, 2.24) is 0 Å². The average Bonchev–Trinajstić information content (AvgIpc) is 2.86. The Bertz CT molecular complexity index is 177. The Morgan fingerprint density at radius 3 is 1.94 bits per heavy atom. The fourth-order valence-electron chi connectivity index (χ4n) is 3.22. The molecule has 0 atom stereocenters. The lowest BCUT2D eigenvalue weighted by Gasteiger charge is -2.38. The third-order valence-corrected chi connectivity index (χ3v) is 5.67. The first-order valence-corrected chi connectivity index (χ1v) is 7.91. The molecular weight excluding hydrogens is 239 g/mol. The molecule has 96 valence electrons. The Hall–Kier alpha value is 0.580. The van der Waals surface area contributed by atoms with Crippen molar-refractivity contribution in [2.45, 2.75) is 58.8 Å². The predicted octanol–water partition coefficient (Wildman–Crippen LogP) is 5.47. The molecular formula is C14H26Cl2. The maximum absolute atomic E-state index is 6.28. The van der Waals surface area contributed by atoms with Crippen LogP contribution in [0.4, 0.5) is 0 Å². The van der Waals surface area contributed by atoms with Crippen LogP contribution in [0.1, 0.15) is 58.8 Å². The van der Waals surface area contributed by atoms with Crippen LogP contribution in [0.25, 0.3) is 0 Å². The summed E-state index contributed by atoms with van der Waals surface area (Å²) in [6.07, 6.45) is 9.21. The molecule has 0 saturated heterocycles. The van der Waals surface area contributed by atoms with Gasteiger partial charge in [-0.3, -0.25) is 0 Å². The van der Waals surface area contributed by atoms with Crippen LogP contribution in [0.15, 0.2) is 0 Å². The van der Waals surface area contributed by atoms with E-state index in [2.05, 4.69) is 13.8 Å². The van der Waals surface area contributed by atoms with Gasteiger partial charge in [-0.2, -0.15) is 0 Å². The van der Waals surface area contributed by atoms with E-state index in [1.165, 1.54) is 44.9 Å². The summed E-state index contributed by atoms with van der Waals surface area (Å²) >= 11 is 12.6. The molecule has 0 aromatic heterocycles. The third-order valence-electron chi connectivity index (χ3n) is 4.60. The SMILES string of the molecule is CCC(CC)CC(CCl)(CCl)C1CCCC1. The van der Waals surface area contributed by atoms with Crippen LogP contribution < -0.4 is 0 Å². The number of halogens is 2. The number of rotatable bonds is 7. The highest BCUT2D eigenvalue weighted by molar-refractivity contribution is 6.21. The van der Waals surface area contributed by atoms with Crippen LogP contribution in [0.3, 0.4) is 0 Å². The highest BCUT2D eigenvalue weighted by atomic mass is 35.5. The van der Waals surface area contributed by atoms with Gasteiger partial charge in [0, 0.05) is 17.2 Å². The van der Waals surface area contributed by atoms with Gasteiger partial charge in [0.25, 0.3) is 0 Å². The average molecular weight is 265 g/mol. The van der Waals surface area contributed by atoms with E-state index in [0.717, 1.165) is 23.6 Å². The second kappa shape index (κ2) is 7.11. The first-order chi connectivity index (χ1) is 7.72. The lowest BCUT2D eigenvalue weighted by atomic mass is 9.70. The van der Waals surface area contributed by atoms with Gasteiger partial charge in [0.05, 0.1) is 0 Å². The first-order valence-electron chi connectivity index (χ1n) is 6.84. The van der Waals surface area contributed by atoms with Crippen LogP contribution in [0, 0.1) is 17.3 Å². The van der Waals surface area contributed by atoms with E-state index < -0.39 is 0 Å². The van der Waals surface area contributed by atoms with Gasteiger partial charge in [-0.15, -0.1) is 23.2 Å². The number of alkyl halides is 2. The molecule has 1 saturated carbocycles. The highest BCUT2D eigenvalue weighted by Gasteiger charge is 2.39. The number of hydrogen-bond donors (Lipinski definition) is 0. The van der Waals surface area contributed by atoms with Gasteiger partial charge >= 0.3 is 0 Å². The summed E-state index contributed by atoms with van der Waals surface area (Å²) in [5, 5.41) is 0. The molecule has 0 radical (unpaired) electrons. The molecule has 0 amide bonds. The summed E-state index contributed by atoms with van der Waals surface area (Å²) < 4.78 is 0. The molecule has 16 heavy (non-hydrogen) atoms. The van der Waals surface area contributed by atoms with Crippen molar-refractivity contribution >= 4 is 23.2 Å². The summed E-state index contributed by atoms with van der Waals surface area (Å²) in [7, 11) is 0. The molecule has 0 unspecified atom stereocenters. The molecule has 0 aromatic carbocycles. The van der Waals surface area contributed by atoms with Crippen molar-refractivity contribution in [3.63, 3.8) is 0 Å². The molecule has 1 rings (SSSR count). The van der Waals surface area contributed by atoms with Crippen molar-refractivity contribution in [1.29, 1.82) is 0 Å². The fourth-order valence-corrected chi connectivity index (χ4v) is 4.16. The minimum atomic E-state index is 0.219. The second-order valence-corrected chi connectivity index (χ2v) is 6.03. The molecule has 0 bridgehead atoms. The zero-order valence-corrected chi connectivity index (χ0v) is 12.3. The molecule has 1 aliphatic carbocycles. The summed E-state index contributed by atoms with van der Waals surface area (Å²) in [6.45, 7) is 4.58. The van der Waals surface area contributed by atoms with Crippen molar-refractivity contribution < 1.29 is 0 Å². The lowest BCUT2D eigenvalue weighted by molar-refractivity contribution is 0.167. The van der Waals surface area contributed by atoms with Gasteiger partial charge in [0.1, 0.15) is 0 Å². The van der Waals surface area contributed by atoms with Gasteiger partial charge in [0.15, 0.2) is 0 Å². The van der Waals surface area contributed by atoms with Gasteiger partial charge in [-0.05, 0) is 31.1 Å². The molecule has 0 aliphatic heterocycles. The molecule has 1 fully saturated rings. The zero-order valence-electron chi connectivity index (χ0n) is 10.8. The summed E-state index contributed by atoms with van der Waals surface area (Å²) in [6, 6.07) is 0. The Morgan fingerprint density at radius 2 is 1.56 bits per heavy atom. The monoisotopic (exact) mass is 264 g/mol. The van der Waals surface area contributed by atoms with Crippen LogP contribution in [0.2, 0.25) is 0 Å². The van der Waals surface area contributed by atoms with Crippen molar-refractivity contribution in [3.05, 3.63) is 0 Å². The van der Waals surface area contributed by atoms with E-state index in [0.29, 0.717) is 0 Å². The van der Waals surface area contributed by atoms with E-state index in [1.54, 1.807) is 0 Å². The third kappa shape index (κ3) is 3.29. The zero-order chi connectivity index (χ0) is 12.0. The highest BCUT2D eigenvalue weighted by Crippen LogP contribution is 2.46. The molecule has 0 N–H and O–H groups in total. The minimum Gasteiger partial charge on any atom is -0.126 e. The van der Waals surface area contributed by atoms with Crippen molar-refractivity contribution in [2.75, 3.05) is 11.8 Å². The van der Waals surface area contributed by atoms with E-state index >= 15 is 0 Å². The van der Waals surface area contributed by atoms with Gasteiger partial charge in [-0.25, -0.2) is 0 Å². The summed E-state index contributed by atoms with van der Waals surface area (Å²) in [5.41, 5.74) is 0.219. The van der Waals surface area contributed by atoms with Crippen LogP contribution >= 0.6 is 23.2 Å². The number of hydrogen-bond acceptors (Lipinski definition) is 0. The van der Waals surface area contributed by atoms with E-state index in [-0.39, 0.29) is 5.41 Å². The largest absolute Gasteiger partial charge is 0.126 e. The topological polar surface area (TPSA) is 0 Å². The van der Waals surface area contributed by atoms with Crippen molar-refractivity contribution in [3.8, 4) is 0 Å². The van der Waals surface area contributed by atoms with E-state index in [9.17, 15) is 0 Å². The second-order valence-electron chi connectivity index (χ2n) is 5.50. The fraction of sp³-hybridized carbons (Fsp3) is 1.00. The quantitative estimate of drug-likeness (QED) is 0.536. The lowest BCUT2D eigenvalue weighted by Crippen LogP contribution is -2.35. The molecule has 2 heteroatoms. The predicted molar refractivity (Wildman–Crippen MR) is 74.5 cm³/mol. The molecule has 0 nitrogen and oxygen atoms in total. The summed E-state index contributed by atoms with van der Waals surface area (Å²) in [5.74, 6) is 3.08. The molecule has 1 aliphatic rings. The summed E-state index contributed by atoms with van der Waals surface area (Å²) in [4.78, 5) is 0. The van der Waals surface area contributed by atoms with Crippen LogP contribution in [-0.4, -0.2) is 11.8 Å². The first kappa shape index (κ1) is 14.6. The van der Waals surface area contributed by atoms with E-state index in [4.69, 9.17) is 23.2 Å². The Balaban J connectivity index is 2.69. The smallest absolute Gasteiger partial charge is 0.0294 e.